The number of allylic oxidation sites excluding steroid dienone is 2. The van der Waals surface area contributed by atoms with Crippen molar-refractivity contribution in [2.75, 3.05) is 0 Å². The Labute approximate surface area is 106 Å². The fourth-order valence-electron chi connectivity index (χ4n) is 2.87. The Morgan fingerprint density at radius 1 is 1.50 bits per heavy atom. The van der Waals surface area contributed by atoms with E-state index in [2.05, 4.69) is 22.7 Å². The van der Waals surface area contributed by atoms with Crippen molar-refractivity contribution in [1.29, 1.82) is 0 Å². The van der Waals surface area contributed by atoms with Gasteiger partial charge in [-0.15, -0.1) is 0 Å². The van der Waals surface area contributed by atoms with Crippen molar-refractivity contribution in [3.8, 4) is 0 Å². The lowest BCUT2D eigenvalue weighted by molar-refractivity contribution is 0.0953. The first-order chi connectivity index (χ1) is 8.74. The monoisotopic (exact) mass is 244 g/mol. The summed E-state index contributed by atoms with van der Waals surface area (Å²) in [5.41, 5.74) is 3.10. The first-order valence-electron chi connectivity index (χ1n) is 6.30. The van der Waals surface area contributed by atoms with Gasteiger partial charge >= 0.3 is 0 Å². The summed E-state index contributed by atoms with van der Waals surface area (Å²) in [5, 5.41) is 4.07. The quantitative estimate of drug-likeness (QED) is 0.504. The molecule has 1 aromatic heterocycles. The molecular formula is C14H16N2O2. The molecule has 1 heterocycles. The third kappa shape index (κ3) is 1.98. The van der Waals surface area contributed by atoms with E-state index in [1.165, 1.54) is 12.7 Å². The van der Waals surface area contributed by atoms with Gasteiger partial charge in [0.05, 0.1) is 11.8 Å². The lowest BCUT2D eigenvalue weighted by atomic mass is 9.95. The Hall–Kier alpha value is -1.84. The molecule has 94 valence electrons. The Bertz CT molecular complexity index is 516. The second-order valence-corrected chi connectivity index (χ2v) is 5.05. The topological polar surface area (TPSA) is 54.6 Å². The zero-order chi connectivity index (χ0) is 12.5. The number of nitrogens with one attached hydrogen (secondary N) is 1. The van der Waals surface area contributed by atoms with Gasteiger partial charge in [-0.3, -0.25) is 4.79 Å². The minimum atomic E-state index is -0.212. The molecule has 4 heteroatoms. The molecule has 0 aromatic carbocycles. The SMILES string of the molecule is Cc1occc1C(=O)N/N=C\C1CC2C=CC1C2. The summed E-state index contributed by atoms with van der Waals surface area (Å²) in [5.74, 6) is 2.22. The minimum Gasteiger partial charge on any atom is -0.469 e. The Balaban J connectivity index is 1.57. The molecule has 1 fully saturated rings. The third-order valence-electron chi connectivity index (χ3n) is 3.87. The number of carbonyl (C=O) groups is 1. The fraction of sp³-hybridized carbons (Fsp3) is 0.429. The van der Waals surface area contributed by atoms with Crippen LogP contribution in [0.25, 0.3) is 0 Å². The molecule has 18 heavy (non-hydrogen) atoms. The molecule has 2 aliphatic carbocycles. The highest BCUT2D eigenvalue weighted by Gasteiger charge is 2.34. The average molecular weight is 244 g/mol. The van der Waals surface area contributed by atoms with Gasteiger partial charge in [0.1, 0.15) is 5.76 Å². The van der Waals surface area contributed by atoms with Crippen molar-refractivity contribution in [3.63, 3.8) is 0 Å². The fourth-order valence-corrected chi connectivity index (χ4v) is 2.87. The zero-order valence-electron chi connectivity index (χ0n) is 10.3. The van der Waals surface area contributed by atoms with Crippen LogP contribution >= 0.6 is 0 Å². The number of rotatable bonds is 3. The van der Waals surface area contributed by atoms with Gasteiger partial charge < -0.3 is 4.42 Å². The number of hydrogen-bond acceptors (Lipinski definition) is 3. The second-order valence-electron chi connectivity index (χ2n) is 5.05. The van der Waals surface area contributed by atoms with Crippen LogP contribution in [0.15, 0.2) is 34.0 Å². The number of fused-ring (bicyclic) bond motifs is 2. The number of aryl methyl sites for hydroxylation is 1. The van der Waals surface area contributed by atoms with Crippen LogP contribution < -0.4 is 5.43 Å². The largest absolute Gasteiger partial charge is 0.469 e. The summed E-state index contributed by atoms with van der Waals surface area (Å²) >= 11 is 0. The van der Waals surface area contributed by atoms with Gasteiger partial charge in [-0.05, 0) is 37.7 Å². The maximum absolute atomic E-state index is 11.8. The van der Waals surface area contributed by atoms with Gasteiger partial charge in [-0.1, -0.05) is 12.2 Å². The molecule has 1 aromatic rings. The molecule has 0 aliphatic heterocycles. The summed E-state index contributed by atoms with van der Waals surface area (Å²) < 4.78 is 5.08. The number of amides is 1. The van der Waals surface area contributed by atoms with Crippen LogP contribution in [0.5, 0.6) is 0 Å². The van der Waals surface area contributed by atoms with Gasteiger partial charge in [-0.25, -0.2) is 5.43 Å². The number of hydrogen-bond donors (Lipinski definition) is 1. The highest BCUT2D eigenvalue weighted by molar-refractivity contribution is 5.95. The summed E-state index contributed by atoms with van der Waals surface area (Å²) in [7, 11) is 0. The average Bonchev–Trinajstić information content (AvgIpc) is 3.04. The maximum Gasteiger partial charge on any atom is 0.274 e. The van der Waals surface area contributed by atoms with E-state index in [1.807, 2.05) is 6.21 Å². The van der Waals surface area contributed by atoms with E-state index in [9.17, 15) is 4.79 Å². The molecule has 1 amide bonds. The number of nitrogens with zero attached hydrogens (tertiary/aromatic N) is 1. The van der Waals surface area contributed by atoms with E-state index in [4.69, 9.17) is 4.42 Å². The third-order valence-corrected chi connectivity index (χ3v) is 3.87. The van der Waals surface area contributed by atoms with Crippen molar-refractivity contribution in [3.05, 3.63) is 35.8 Å². The van der Waals surface area contributed by atoms with Crippen LogP contribution in [-0.2, 0) is 0 Å². The van der Waals surface area contributed by atoms with Crippen LogP contribution in [0.4, 0.5) is 0 Å². The van der Waals surface area contributed by atoms with Crippen LogP contribution in [-0.4, -0.2) is 12.1 Å². The first kappa shape index (κ1) is 11.3. The predicted molar refractivity (Wildman–Crippen MR) is 68.2 cm³/mol. The van der Waals surface area contributed by atoms with Crippen LogP contribution in [0.1, 0.15) is 29.0 Å². The van der Waals surface area contributed by atoms with Crippen LogP contribution in [0.3, 0.4) is 0 Å². The number of furan rings is 1. The molecule has 0 saturated heterocycles. The van der Waals surface area contributed by atoms with Crippen LogP contribution in [0.2, 0.25) is 0 Å². The smallest absolute Gasteiger partial charge is 0.274 e. The van der Waals surface area contributed by atoms with E-state index >= 15 is 0 Å². The molecule has 1 N–H and O–H groups in total. The van der Waals surface area contributed by atoms with E-state index in [0.717, 1.165) is 12.3 Å². The molecule has 1 saturated carbocycles. The summed E-state index contributed by atoms with van der Waals surface area (Å²) in [4.78, 5) is 11.8. The highest BCUT2D eigenvalue weighted by Crippen LogP contribution is 2.42. The number of carbonyl (C=O) groups excluding carboxylic acids is 1. The molecule has 2 aliphatic rings. The molecule has 3 atom stereocenters. The Kier molecular flexibility index (Phi) is 2.78. The molecular weight excluding hydrogens is 228 g/mol. The zero-order valence-corrected chi connectivity index (χ0v) is 10.3. The Morgan fingerprint density at radius 3 is 3.00 bits per heavy atom. The molecule has 4 nitrogen and oxygen atoms in total. The summed E-state index contributed by atoms with van der Waals surface area (Å²) in [6, 6.07) is 1.65. The van der Waals surface area contributed by atoms with E-state index in [1.54, 1.807) is 13.0 Å². The minimum absolute atomic E-state index is 0.212. The van der Waals surface area contributed by atoms with Crippen molar-refractivity contribution < 1.29 is 9.21 Å². The maximum atomic E-state index is 11.8. The van der Waals surface area contributed by atoms with E-state index < -0.39 is 0 Å². The summed E-state index contributed by atoms with van der Waals surface area (Å²) in [6.45, 7) is 1.76. The highest BCUT2D eigenvalue weighted by atomic mass is 16.3. The second kappa shape index (κ2) is 4.44. The van der Waals surface area contributed by atoms with Crippen molar-refractivity contribution in [2.45, 2.75) is 19.8 Å². The lowest BCUT2D eigenvalue weighted by Crippen LogP contribution is -2.19. The van der Waals surface area contributed by atoms with Crippen molar-refractivity contribution in [1.82, 2.24) is 5.43 Å². The predicted octanol–water partition coefficient (Wildman–Crippen LogP) is 2.52. The number of hydrazone groups is 1. The first-order valence-corrected chi connectivity index (χ1v) is 6.30. The Morgan fingerprint density at radius 2 is 2.39 bits per heavy atom. The lowest BCUT2D eigenvalue weighted by Gasteiger charge is -2.11. The normalized spacial score (nSPS) is 29.3. The van der Waals surface area contributed by atoms with Gasteiger partial charge in [0.2, 0.25) is 0 Å². The van der Waals surface area contributed by atoms with Crippen molar-refractivity contribution >= 4 is 12.1 Å². The van der Waals surface area contributed by atoms with Crippen LogP contribution in [0, 0.1) is 24.7 Å². The van der Waals surface area contributed by atoms with Gasteiger partial charge in [-0.2, -0.15) is 5.10 Å². The van der Waals surface area contributed by atoms with Gasteiger partial charge in [0.25, 0.3) is 5.91 Å². The molecule has 0 radical (unpaired) electrons. The van der Waals surface area contributed by atoms with E-state index in [-0.39, 0.29) is 5.91 Å². The van der Waals surface area contributed by atoms with Gasteiger partial charge in [0.15, 0.2) is 0 Å². The summed E-state index contributed by atoms with van der Waals surface area (Å²) in [6.07, 6.45) is 10.3. The molecule has 3 rings (SSSR count). The molecule has 2 bridgehead atoms. The van der Waals surface area contributed by atoms with Gasteiger partial charge in [0, 0.05) is 12.1 Å². The molecule has 0 spiro atoms. The standard InChI is InChI=1S/C14H16N2O2/c1-9-13(4-5-18-9)14(17)16-15-8-12-7-10-2-3-11(12)6-10/h2-5,8,10-12H,6-7H2,1H3,(H,16,17)/b15-8-. The van der Waals surface area contributed by atoms with Crippen molar-refractivity contribution in [2.24, 2.45) is 22.9 Å². The molecule has 3 unspecified atom stereocenters. The van der Waals surface area contributed by atoms with E-state index in [0.29, 0.717) is 23.2 Å².